The van der Waals surface area contributed by atoms with Gasteiger partial charge >= 0.3 is 0 Å². The van der Waals surface area contributed by atoms with Crippen molar-refractivity contribution < 1.29 is 9.47 Å². The maximum Gasteiger partial charge on any atom is 0.224 e. The first kappa shape index (κ1) is 23.1. The lowest BCUT2D eigenvalue weighted by Gasteiger charge is -2.37. The van der Waals surface area contributed by atoms with Gasteiger partial charge in [0.05, 0.1) is 24.4 Å². The molecule has 2 aromatic heterocycles. The van der Waals surface area contributed by atoms with E-state index in [2.05, 4.69) is 30.8 Å². The van der Waals surface area contributed by atoms with E-state index < -0.39 is 0 Å². The fourth-order valence-corrected chi connectivity index (χ4v) is 4.46. The molecule has 0 saturated heterocycles. The Hall–Kier alpha value is -3.11. The molecule has 4 rings (SSSR count). The number of nitrogens with one attached hydrogen (secondary N) is 1. The van der Waals surface area contributed by atoms with Crippen LogP contribution in [0.2, 0.25) is 0 Å². The smallest absolute Gasteiger partial charge is 0.224 e. The summed E-state index contributed by atoms with van der Waals surface area (Å²) in [5, 5.41) is 16.4. The molecule has 2 heterocycles. The average Bonchev–Trinajstić information content (AvgIpc) is 3.51. The van der Waals surface area contributed by atoms with Gasteiger partial charge in [0.15, 0.2) is 5.82 Å². The Bertz CT molecular complexity index is 1010. The third kappa shape index (κ3) is 4.96. The van der Waals surface area contributed by atoms with E-state index in [0.29, 0.717) is 19.1 Å². The van der Waals surface area contributed by atoms with Gasteiger partial charge in [0.2, 0.25) is 5.95 Å². The summed E-state index contributed by atoms with van der Waals surface area (Å²) in [6.45, 7) is 3.24. The molecule has 0 aliphatic heterocycles. The Morgan fingerprint density at radius 3 is 2.42 bits per heavy atom. The second kappa shape index (κ2) is 10.2. The second-order valence-electron chi connectivity index (χ2n) is 8.45. The summed E-state index contributed by atoms with van der Waals surface area (Å²) in [6, 6.07) is 7.50. The van der Waals surface area contributed by atoms with E-state index in [1.54, 1.807) is 11.8 Å². The van der Waals surface area contributed by atoms with Crippen LogP contribution in [0, 0.1) is 0 Å². The van der Waals surface area contributed by atoms with Crippen LogP contribution in [-0.2, 0) is 11.3 Å². The van der Waals surface area contributed by atoms with Crippen molar-refractivity contribution in [3.05, 3.63) is 48.0 Å². The second-order valence-corrected chi connectivity index (χ2v) is 8.45. The molecule has 0 bridgehead atoms. The lowest BCUT2D eigenvalue weighted by atomic mass is 9.90. The molecule has 1 aromatic carbocycles. The minimum absolute atomic E-state index is 0.203. The first-order valence-corrected chi connectivity index (χ1v) is 11.3. The number of methoxy groups -OCH3 is 1. The Morgan fingerprint density at radius 2 is 1.82 bits per heavy atom. The number of hydrogen-bond donors (Lipinski definition) is 1. The Labute approximate surface area is 194 Å². The van der Waals surface area contributed by atoms with E-state index >= 15 is 0 Å². The molecule has 3 aromatic rings. The molecule has 176 valence electrons. The number of aromatic nitrogens is 6. The Morgan fingerprint density at radius 1 is 1.12 bits per heavy atom. The van der Waals surface area contributed by atoms with Crippen LogP contribution < -0.4 is 15.0 Å². The molecule has 1 N–H and O–H groups in total. The molecule has 1 aliphatic rings. The van der Waals surface area contributed by atoms with Crippen molar-refractivity contribution in [2.75, 3.05) is 32.7 Å². The van der Waals surface area contributed by atoms with Crippen LogP contribution in [-0.4, -0.2) is 63.6 Å². The van der Waals surface area contributed by atoms with Gasteiger partial charge in [-0.25, -0.2) is 9.97 Å². The summed E-state index contributed by atoms with van der Waals surface area (Å²) in [6.07, 6.45) is 7.82. The van der Waals surface area contributed by atoms with E-state index in [1.165, 1.54) is 0 Å². The Kier molecular flexibility index (Phi) is 7.14. The quantitative estimate of drug-likeness (QED) is 0.497. The number of anilines is 1. The van der Waals surface area contributed by atoms with Gasteiger partial charge < -0.3 is 19.7 Å². The molecule has 0 amide bonds. The number of tetrazole rings is 1. The summed E-state index contributed by atoms with van der Waals surface area (Å²) in [5.41, 5.74) is 1.47. The van der Waals surface area contributed by atoms with Crippen molar-refractivity contribution in [3.8, 4) is 11.4 Å². The highest BCUT2D eigenvalue weighted by Crippen LogP contribution is 2.43. The fourth-order valence-electron chi connectivity index (χ4n) is 4.46. The Balaban J connectivity index is 1.66. The third-order valence-electron chi connectivity index (χ3n) is 6.08. The van der Waals surface area contributed by atoms with Gasteiger partial charge in [-0.15, -0.1) is 5.10 Å². The topological polar surface area (TPSA) is 103 Å². The molecule has 10 nitrogen and oxygen atoms in total. The SMILES string of the molecule is CCOC1(C(NCc2cnc(N(C)C)nc2)c2nnnn2-c2ccc(OC)cc2)CCCC1. The maximum absolute atomic E-state index is 6.41. The van der Waals surface area contributed by atoms with Crippen LogP contribution in [0.3, 0.4) is 0 Å². The minimum atomic E-state index is -0.377. The maximum atomic E-state index is 6.41. The molecule has 1 saturated carbocycles. The summed E-state index contributed by atoms with van der Waals surface area (Å²) in [5.74, 6) is 2.19. The van der Waals surface area contributed by atoms with Crippen molar-refractivity contribution in [1.82, 2.24) is 35.5 Å². The van der Waals surface area contributed by atoms with Gasteiger partial charge in [-0.3, -0.25) is 0 Å². The van der Waals surface area contributed by atoms with Crippen molar-refractivity contribution in [2.45, 2.75) is 50.8 Å². The number of rotatable bonds is 10. The van der Waals surface area contributed by atoms with Crippen LogP contribution in [0.5, 0.6) is 5.75 Å². The van der Waals surface area contributed by atoms with Gasteiger partial charge in [0, 0.05) is 45.2 Å². The van der Waals surface area contributed by atoms with Gasteiger partial charge in [0.25, 0.3) is 0 Å². The first-order valence-electron chi connectivity index (χ1n) is 11.3. The largest absolute Gasteiger partial charge is 0.497 e. The molecular weight excluding hydrogens is 420 g/mol. The van der Waals surface area contributed by atoms with E-state index in [9.17, 15) is 0 Å². The van der Waals surface area contributed by atoms with Crippen LogP contribution >= 0.6 is 0 Å². The summed E-state index contributed by atoms with van der Waals surface area (Å²) in [7, 11) is 5.50. The van der Waals surface area contributed by atoms with Gasteiger partial charge in [-0.2, -0.15) is 4.68 Å². The van der Waals surface area contributed by atoms with Crippen LogP contribution in [0.25, 0.3) is 5.69 Å². The zero-order valence-corrected chi connectivity index (χ0v) is 19.7. The lowest BCUT2D eigenvalue weighted by Crippen LogP contribution is -2.45. The number of nitrogens with zero attached hydrogens (tertiary/aromatic N) is 7. The number of hydrogen-bond acceptors (Lipinski definition) is 9. The molecule has 1 aliphatic carbocycles. The van der Waals surface area contributed by atoms with E-state index in [-0.39, 0.29) is 11.6 Å². The van der Waals surface area contributed by atoms with Gasteiger partial charge in [-0.05, 0) is 54.5 Å². The molecule has 0 spiro atoms. The molecule has 33 heavy (non-hydrogen) atoms. The zero-order valence-electron chi connectivity index (χ0n) is 19.7. The van der Waals surface area contributed by atoms with E-state index in [4.69, 9.17) is 9.47 Å². The standard InChI is InChI=1S/C23H32N8O2/c1-5-33-23(12-6-7-13-23)20(24-14-17-15-25-22(26-16-17)30(2)3)21-27-28-29-31(21)18-8-10-19(32-4)11-9-18/h8-11,15-16,20,24H,5-7,12-14H2,1-4H3. The molecule has 1 atom stereocenters. The average molecular weight is 453 g/mol. The van der Waals surface area contributed by atoms with Crippen LogP contribution in [0.4, 0.5) is 5.95 Å². The summed E-state index contributed by atoms with van der Waals surface area (Å²) >= 11 is 0. The third-order valence-corrected chi connectivity index (χ3v) is 6.08. The van der Waals surface area contributed by atoms with Crippen LogP contribution in [0.1, 0.15) is 50.0 Å². The van der Waals surface area contributed by atoms with E-state index in [0.717, 1.165) is 48.5 Å². The lowest BCUT2D eigenvalue weighted by molar-refractivity contribution is -0.0656. The molecular formula is C23H32N8O2. The van der Waals surface area contributed by atoms with Crippen molar-refractivity contribution >= 4 is 5.95 Å². The normalized spacial score (nSPS) is 16.0. The highest BCUT2D eigenvalue weighted by molar-refractivity contribution is 5.37. The minimum Gasteiger partial charge on any atom is -0.497 e. The fraction of sp³-hybridized carbons (Fsp3) is 0.522. The monoisotopic (exact) mass is 452 g/mol. The van der Waals surface area contributed by atoms with Gasteiger partial charge in [-0.1, -0.05) is 12.8 Å². The highest BCUT2D eigenvalue weighted by Gasteiger charge is 2.45. The molecule has 10 heteroatoms. The summed E-state index contributed by atoms with van der Waals surface area (Å²) in [4.78, 5) is 10.8. The van der Waals surface area contributed by atoms with Gasteiger partial charge in [0.1, 0.15) is 5.75 Å². The first-order chi connectivity index (χ1) is 16.1. The van der Waals surface area contributed by atoms with E-state index in [1.807, 2.05) is 62.6 Å². The van der Waals surface area contributed by atoms with Crippen LogP contribution in [0.15, 0.2) is 36.7 Å². The predicted molar refractivity (Wildman–Crippen MR) is 124 cm³/mol. The van der Waals surface area contributed by atoms with Crippen molar-refractivity contribution in [2.24, 2.45) is 0 Å². The molecule has 0 radical (unpaired) electrons. The highest BCUT2D eigenvalue weighted by atomic mass is 16.5. The van der Waals surface area contributed by atoms with Crippen molar-refractivity contribution in [3.63, 3.8) is 0 Å². The summed E-state index contributed by atoms with van der Waals surface area (Å²) < 4.78 is 13.5. The number of benzene rings is 1. The van der Waals surface area contributed by atoms with Crippen molar-refractivity contribution in [1.29, 1.82) is 0 Å². The predicted octanol–water partition coefficient (Wildman–Crippen LogP) is 2.71. The molecule has 1 unspecified atom stereocenters. The number of ether oxygens (including phenoxy) is 2. The zero-order chi connectivity index (χ0) is 23.3. The molecule has 1 fully saturated rings.